The molecule has 1 heterocycles. The van der Waals surface area contributed by atoms with Crippen molar-refractivity contribution in [1.82, 2.24) is 15.0 Å². The van der Waals surface area contributed by atoms with Gasteiger partial charge in [0.2, 0.25) is 0 Å². The Bertz CT molecular complexity index is 1880. The molecule has 0 bridgehead atoms. The zero-order valence-corrected chi connectivity index (χ0v) is 22.5. The minimum absolute atomic E-state index is 0.152. The third-order valence-corrected chi connectivity index (χ3v) is 8.51. The fourth-order valence-corrected chi connectivity index (χ4v) is 6.70. The van der Waals surface area contributed by atoms with Crippen LogP contribution in [0.1, 0.15) is 36.1 Å². The zero-order valence-electron chi connectivity index (χ0n) is 22.5. The lowest BCUT2D eigenvalue weighted by Gasteiger charge is -2.25. The molecule has 0 spiro atoms. The molecular weight excluding hydrogens is 486 g/mol. The molecule has 6 aromatic rings. The molecule has 0 radical (unpaired) electrons. The van der Waals surface area contributed by atoms with Crippen LogP contribution in [0.3, 0.4) is 0 Å². The first-order valence-corrected chi connectivity index (χ1v) is 13.9. The molecule has 2 aliphatic rings. The monoisotopic (exact) mass is 513 g/mol. The highest BCUT2D eigenvalue weighted by atomic mass is 15.0. The summed E-state index contributed by atoms with van der Waals surface area (Å²) in [6.45, 7) is 4.72. The molecule has 0 N–H and O–H groups in total. The Labute approximate surface area is 234 Å². The second kappa shape index (κ2) is 8.56. The lowest BCUT2D eigenvalue weighted by molar-refractivity contribution is 0.662. The molecule has 3 nitrogen and oxygen atoms in total. The summed E-state index contributed by atoms with van der Waals surface area (Å²) in [7, 11) is 0. The summed E-state index contributed by atoms with van der Waals surface area (Å²) in [5, 5.41) is 0. The number of nitrogens with zero attached hydrogens (tertiary/aromatic N) is 3. The van der Waals surface area contributed by atoms with E-state index in [0.29, 0.717) is 11.6 Å². The molecule has 40 heavy (non-hydrogen) atoms. The van der Waals surface area contributed by atoms with Crippen molar-refractivity contribution in [2.24, 2.45) is 0 Å². The van der Waals surface area contributed by atoms with Crippen LogP contribution in [-0.4, -0.2) is 15.0 Å². The molecule has 0 aliphatic heterocycles. The smallest absolute Gasteiger partial charge is 0.164 e. The molecule has 5 aromatic carbocycles. The molecule has 190 valence electrons. The van der Waals surface area contributed by atoms with E-state index >= 15 is 0 Å². The average Bonchev–Trinajstić information content (AvgIpc) is 3.49. The molecule has 0 amide bonds. The van der Waals surface area contributed by atoms with Crippen LogP contribution in [0.4, 0.5) is 0 Å². The third-order valence-electron chi connectivity index (χ3n) is 8.51. The standard InChI is InChI=1S/C37H27N3/c1-37(2)30-20-12-11-19-28(30)32-29(22-26-21-25-17-9-10-18-27(25)31(26)33(32)37)36-39-34(23-13-5-3-6-14-23)38-35(40-36)24-15-7-4-8-16-24/h3-20,22H,21H2,1-2H3. The summed E-state index contributed by atoms with van der Waals surface area (Å²) >= 11 is 0. The Hall–Kier alpha value is -4.89. The van der Waals surface area contributed by atoms with Crippen molar-refractivity contribution >= 4 is 0 Å². The van der Waals surface area contributed by atoms with Gasteiger partial charge in [-0.1, -0.05) is 123 Å². The lowest BCUT2D eigenvalue weighted by Crippen LogP contribution is -2.16. The van der Waals surface area contributed by atoms with Crippen LogP contribution in [0.25, 0.3) is 56.4 Å². The van der Waals surface area contributed by atoms with Crippen LogP contribution in [-0.2, 0) is 11.8 Å². The van der Waals surface area contributed by atoms with Gasteiger partial charge in [0.15, 0.2) is 17.5 Å². The van der Waals surface area contributed by atoms with Crippen LogP contribution in [0.2, 0.25) is 0 Å². The van der Waals surface area contributed by atoms with Crippen molar-refractivity contribution in [3.8, 4) is 56.4 Å². The van der Waals surface area contributed by atoms with Gasteiger partial charge < -0.3 is 0 Å². The van der Waals surface area contributed by atoms with Gasteiger partial charge >= 0.3 is 0 Å². The van der Waals surface area contributed by atoms with Gasteiger partial charge in [-0.25, -0.2) is 15.0 Å². The molecule has 0 fully saturated rings. The molecule has 8 rings (SSSR count). The van der Waals surface area contributed by atoms with Crippen molar-refractivity contribution < 1.29 is 0 Å². The highest BCUT2D eigenvalue weighted by Gasteiger charge is 2.42. The minimum Gasteiger partial charge on any atom is -0.208 e. The third kappa shape index (κ3) is 3.34. The number of rotatable bonds is 3. The summed E-state index contributed by atoms with van der Waals surface area (Å²) < 4.78 is 0. The van der Waals surface area contributed by atoms with Crippen LogP contribution in [0.15, 0.2) is 115 Å². The van der Waals surface area contributed by atoms with E-state index in [9.17, 15) is 0 Å². The second-order valence-electron chi connectivity index (χ2n) is 11.3. The van der Waals surface area contributed by atoms with Gasteiger partial charge in [-0.05, 0) is 57.0 Å². The van der Waals surface area contributed by atoms with Crippen LogP contribution < -0.4 is 0 Å². The highest BCUT2D eigenvalue weighted by molar-refractivity contribution is 5.99. The van der Waals surface area contributed by atoms with Gasteiger partial charge in [0.25, 0.3) is 0 Å². The SMILES string of the molecule is CC1(C)c2ccccc2-c2c(-c3nc(-c4ccccc4)nc(-c4ccccc4)n3)cc3c(c21)-c1ccccc1C3. The highest BCUT2D eigenvalue weighted by Crippen LogP contribution is 2.58. The van der Waals surface area contributed by atoms with E-state index in [-0.39, 0.29) is 5.41 Å². The van der Waals surface area contributed by atoms with Gasteiger partial charge in [0, 0.05) is 22.1 Å². The van der Waals surface area contributed by atoms with Crippen LogP contribution in [0, 0.1) is 0 Å². The number of fused-ring (bicyclic) bond motifs is 7. The van der Waals surface area contributed by atoms with Crippen molar-refractivity contribution in [3.05, 3.63) is 138 Å². The van der Waals surface area contributed by atoms with E-state index in [0.717, 1.165) is 28.9 Å². The Morgan fingerprint density at radius 2 is 1.05 bits per heavy atom. The van der Waals surface area contributed by atoms with Crippen molar-refractivity contribution in [1.29, 1.82) is 0 Å². The Kier molecular flexibility index (Phi) is 4.93. The molecule has 0 saturated carbocycles. The molecule has 2 aliphatic carbocycles. The fraction of sp³-hybridized carbons (Fsp3) is 0.108. The number of hydrogen-bond donors (Lipinski definition) is 0. The van der Waals surface area contributed by atoms with E-state index < -0.39 is 0 Å². The Balaban J connectivity index is 1.47. The molecule has 0 unspecified atom stereocenters. The van der Waals surface area contributed by atoms with Crippen LogP contribution in [0.5, 0.6) is 0 Å². The first-order valence-electron chi connectivity index (χ1n) is 13.9. The van der Waals surface area contributed by atoms with E-state index in [1.165, 1.54) is 44.5 Å². The van der Waals surface area contributed by atoms with Gasteiger partial charge in [-0.2, -0.15) is 0 Å². The van der Waals surface area contributed by atoms with Gasteiger partial charge in [-0.15, -0.1) is 0 Å². The lowest BCUT2D eigenvalue weighted by atomic mass is 9.78. The molecular formula is C37H27N3. The summed E-state index contributed by atoms with van der Waals surface area (Å²) in [5.41, 5.74) is 13.6. The molecule has 1 aromatic heterocycles. The van der Waals surface area contributed by atoms with Gasteiger partial charge in [0.05, 0.1) is 0 Å². The first kappa shape index (κ1) is 23.0. The van der Waals surface area contributed by atoms with E-state index in [1.54, 1.807) is 0 Å². The fourth-order valence-electron chi connectivity index (χ4n) is 6.70. The van der Waals surface area contributed by atoms with Crippen molar-refractivity contribution in [2.45, 2.75) is 25.7 Å². The van der Waals surface area contributed by atoms with E-state index in [2.05, 4.69) is 92.7 Å². The topological polar surface area (TPSA) is 38.7 Å². The van der Waals surface area contributed by atoms with Crippen LogP contribution >= 0.6 is 0 Å². The normalized spacial score (nSPS) is 13.8. The summed E-state index contributed by atoms with van der Waals surface area (Å²) in [4.78, 5) is 15.2. The Morgan fingerprint density at radius 1 is 0.500 bits per heavy atom. The first-order chi connectivity index (χ1) is 19.6. The number of aromatic nitrogens is 3. The zero-order chi connectivity index (χ0) is 26.8. The van der Waals surface area contributed by atoms with Crippen molar-refractivity contribution in [2.75, 3.05) is 0 Å². The summed E-state index contributed by atoms with van der Waals surface area (Å²) in [6, 6.07) is 40.5. The van der Waals surface area contributed by atoms with E-state index in [1.807, 2.05) is 36.4 Å². The minimum atomic E-state index is -0.152. The number of hydrogen-bond acceptors (Lipinski definition) is 3. The molecule has 0 atom stereocenters. The average molecular weight is 514 g/mol. The predicted molar refractivity (Wildman–Crippen MR) is 162 cm³/mol. The van der Waals surface area contributed by atoms with Crippen molar-refractivity contribution in [3.63, 3.8) is 0 Å². The largest absolute Gasteiger partial charge is 0.208 e. The second-order valence-corrected chi connectivity index (χ2v) is 11.3. The van der Waals surface area contributed by atoms with Gasteiger partial charge in [0.1, 0.15) is 0 Å². The molecule has 0 saturated heterocycles. The maximum atomic E-state index is 5.15. The quantitative estimate of drug-likeness (QED) is 0.237. The molecule has 3 heteroatoms. The van der Waals surface area contributed by atoms with E-state index in [4.69, 9.17) is 15.0 Å². The maximum Gasteiger partial charge on any atom is 0.164 e. The predicted octanol–water partition coefficient (Wildman–Crippen LogP) is 8.75. The summed E-state index contributed by atoms with van der Waals surface area (Å²) in [5.74, 6) is 2.09. The number of benzene rings is 5. The van der Waals surface area contributed by atoms with Gasteiger partial charge in [-0.3, -0.25) is 0 Å². The summed E-state index contributed by atoms with van der Waals surface area (Å²) in [6.07, 6.45) is 0.917. The maximum absolute atomic E-state index is 5.15. The Morgan fingerprint density at radius 3 is 1.73 bits per heavy atom.